The van der Waals surface area contributed by atoms with Crippen molar-refractivity contribution < 1.29 is 0 Å². The summed E-state index contributed by atoms with van der Waals surface area (Å²) in [6, 6.07) is 23.6. The van der Waals surface area contributed by atoms with Crippen molar-refractivity contribution in [3.63, 3.8) is 0 Å². The van der Waals surface area contributed by atoms with E-state index in [4.69, 9.17) is 0 Å². The summed E-state index contributed by atoms with van der Waals surface area (Å²) in [5.41, 5.74) is 4.87. The number of pyridine rings is 1. The van der Waals surface area contributed by atoms with E-state index >= 15 is 0 Å². The van der Waals surface area contributed by atoms with Gasteiger partial charge in [0.15, 0.2) is 0 Å². The number of para-hydroxylation sites is 1. The third-order valence-corrected chi connectivity index (χ3v) is 4.76. The molecule has 0 radical (unpaired) electrons. The molecule has 0 saturated carbocycles. The third-order valence-electron chi connectivity index (χ3n) is 4.76. The lowest BCUT2D eigenvalue weighted by Gasteiger charge is -2.10. The average molecular weight is 308 g/mol. The maximum atomic E-state index is 4.38. The van der Waals surface area contributed by atoms with Crippen molar-refractivity contribution in [2.24, 2.45) is 0 Å². The zero-order valence-corrected chi connectivity index (χ0v) is 13.4. The molecule has 5 aromatic rings. The van der Waals surface area contributed by atoms with Gasteiger partial charge in [-0.25, -0.2) is 0 Å². The molecule has 0 spiro atoms. The monoisotopic (exact) mass is 308 g/mol. The minimum Gasteiger partial charge on any atom is -0.307 e. The highest BCUT2D eigenvalue weighted by molar-refractivity contribution is 6.22. The second-order valence-corrected chi connectivity index (χ2v) is 6.20. The first-order valence-corrected chi connectivity index (χ1v) is 8.16. The highest BCUT2D eigenvalue weighted by atomic mass is 15.0. The van der Waals surface area contributed by atoms with Crippen molar-refractivity contribution in [1.29, 1.82) is 0 Å². The molecular formula is C22H16N2. The van der Waals surface area contributed by atoms with Crippen LogP contribution in [0.1, 0.15) is 5.56 Å². The molecule has 0 fully saturated rings. The molecule has 2 nitrogen and oxygen atoms in total. The maximum Gasteiger partial charge on any atom is 0.0724 e. The van der Waals surface area contributed by atoms with Crippen LogP contribution in [0.4, 0.5) is 0 Å². The van der Waals surface area contributed by atoms with E-state index in [0.717, 1.165) is 5.52 Å². The second kappa shape index (κ2) is 4.93. The average Bonchev–Trinajstić information content (AvgIpc) is 2.99. The molecule has 0 atom stereocenters. The molecule has 0 unspecified atom stereocenters. The molecule has 24 heavy (non-hydrogen) atoms. The molecule has 0 aliphatic carbocycles. The van der Waals surface area contributed by atoms with Gasteiger partial charge in [0, 0.05) is 22.7 Å². The van der Waals surface area contributed by atoms with Gasteiger partial charge in [-0.15, -0.1) is 0 Å². The van der Waals surface area contributed by atoms with Crippen LogP contribution in [0, 0.1) is 6.92 Å². The number of aromatic nitrogens is 2. The molecule has 0 amide bonds. The first-order chi connectivity index (χ1) is 11.8. The molecule has 0 N–H and O–H groups in total. The van der Waals surface area contributed by atoms with Crippen LogP contribution >= 0.6 is 0 Å². The van der Waals surface area contributed by atoms with Gasteiger partial charge in [-0.1, -0.05) is 42.5 Å². The van der Waals surface area contributed by atoms with Crippen LogP contribution in [0.5, 0.6) is 0 Å². The van der Waals surface area contributed by atoms with E-state index in [9.17, 15) is 0 Å². The molecule has 0 bridgehead atoms. The van der Waals surface area contributed by atoms with Crippen LogP contribution in [0.25, 0.3) is 38.3 Å². The van der Waals surface area contributed by atoms with Crippen LogP contribution in [0.2, 0.25) is 0 Å². The molecular weight excluding hydrogens is 292 g/mol. The molecule has 2 aromatic heterocycles. The van der Waals surface area contributed by atoms with E-state index < -0.39 is 0 Å². The Balaban J connectivity index is 2.11. The van der Waals surface area contributed by atoms with Crippen molar-refractivity contribution in [2.75, 3.05) is 0 Å². The fraction of sp³-hybridized carbons (Fsp3) is 0.0455. The highest BCUT2D eigenvalue weighted by Crippen LogP contribution is 2.38. The van der Waals surface area contributed by atoms with E-state index in [0.29, 0.717) is 0 Å². The van der Waals surface area contributed by atoms with Gasteiger partial charge in [0.2, 0.25) is 0 Å². The van der Waals surface area contributed by atoms with Crippen LogP contribution < -0.4 is 0 Å². The molecule has 2 heteroatoms. The number of hydrogen-bond donors (Lipinski definition) is 0. The minimum atomic E-state index is 1.15. The predicted molar refractivity (Wildman–Crippen MR) is 101 cm³/mol. The Bertz CT molecular complexity index is 1200. The quantitative estimate of drug-likeness (QED) is 0.392. The van der Waals surface area contributed by atoms with Crippen molar-refractivity contribution in [2.45, 2.75) is 6.92 Å². The van der Waals surface area contributed by atoms with Crippen LogP contribution in [0.3, 0.4) is 0 Å². The molecule has 114 valence electrons. The number of fused-ring (bicyclic) bond motifs is 5. The fourth-order valence-corrected chi connectivity index (χ4v) is 3.78. The summed E-state index contributed by atoms with van der Waals surface area (Å²) in [4.78, 5) is 4.38. The molecule has 0 saturated heterocycles. The number of aryl methyl sites for hydroxylation is 1. The van der Waals surface area contributed by atoms with Gasteiger partial charge in [0.1, 0.15) is 0 Å². The lowest BCUT2D eigenvalue weighted by atomic mass is 10.0. The molecule has 2 heterocycles. The lowest BCUT2D eigenvalue weighted by Crippen LogP contribution is -1.95. The summed E-state index contributed by atoms with van der Waals surface area (Å²) in [7, 11) is 0. The Morgan fingerprint density at radius 3 is 2.50 bits per heavy atom. The van der Waals surface area contributed by atoms with Crippen molar-refractivity contribution in [1.82, 2.24) is 9.55 Å². The SMILES string of the molecule is Cc1cc2ccccc2c2c3ccncc3n(-c3ccccc3)c12. The standard InChI is InChI=1S/C22H16N2/c1-15-13-16-7-5-6-10-18(16)21-19-11-12-23-14-20(19)24(22(15)21)17-8-3-2-4-9-17/h2-14H,1H3. The minimum absolute atomic E-state index is 1.15. The zero-order valence-electron chi connectivity index (χ0n) is 13.4. The summed E-state index contributed by atoms with van der Waals surface area (Å²) in [5.74, 6) is 0. The van der Waals surface area contributed by atoms with Gasteiger partial charge >= 0.3 is 0 Å². The van der Waals surface area contributed by atoms with E-state index in [1.54, 1.807) is 0 Å². The Labute approximate surface area is 140 Å². The molecule has 0 aliphatic rings. The summed E-state index contributed by atoms with van der Waals surface area (Å²) < 4.78 is 2.33. The highest BCUT2D eigenvalue weighted by Gasteiger charge is 2.16. The first-order valence-electron chi connectivity index (χ1n) is 8.16. The van der Waals surface area contributed by atoms with Crippen molar-refractivity contribution in [3.05, 3.63) is 84.7 Å². The molecule has 0 aliphatic heterocycles. The smallest absolute Gasteiger partial charge is 0.0724 e. The number of benzene rings is 3. The van der Waals surface area contributed by atoms with E-state index in [-0.39, 0.29) is 0 Å². The van der Waals surface area contributed by atoms with E-state index in [1.165, 1.54) is 38.3 Å². The van der Waals surface area contributed by atoms with Crippen LogP contribution in [0.15, 0.2) is 79.1 Å². The second-order valence-electron chi connectivity index (χ2n) is 6.20. The van der Waals surface area contributed by atoms with Gasteiger partial charge in [0.05, 0.1) is 17.2 Å². The normalized spacial score (nSPS) is 11.5. The fourth-order valence-electron chi connectivity index (χ4n) is 3.78. The number of nitrogens with zero attached hydrogens (tertiary/aromatic N) is 2. The Morgan fingerprint density at radius 2 is 1.62 bits per heavy atom. The summed E-state index contributed by atoms with van der Waals surface area (Å²) in [6.45, 7) is 2.19. The topological polar surface area (TPSA) is 17.8 Å². The molecule has 5 rings (SSSR count). The van der Waals surface area contributed by atoms with Crippen molar-refractivity contribution in [3.8, 4) is 5.69 Å². The zero-order chi connectivity index (χ0) is 16.1. The Kier molecular flexibility index (Phi) is 2.74. The number of rotatable bonds is 1. The Hall–Kier alpha value is -3.13. The van der Waals surface area contributed by atoms with Crippen molar-refractivity contribution >= 4 is 32.6 Å². The van der Waals surface area contributed by atoms with Gasteiger partial charge in [-0.3, -0.25) is 4.98 Å². The maximum absolute atomic E-state index is 4.38. The predicted octanol–water partition coefficient (Wildman–Crippen LogP) is 5.64. The number of hydrogen-bond acceptors (Lipinski definition) is 1. The summed E-state index contributed by atoms with van der Waals surface area (Å²) >= 11 is 0. The van der Waals surface area contributed by atoms with Crippen LogP contribution in [-0.2, 0) is 0 Å². The van der Waals surface area contributed by atoms with Gasteiger partial charge in [0.25, 0.3) is 0 Å². The third kappa shape index (κ3) is 1.74. The van der Waals surface area contributed by atoms with Crippen LogP contribution in [-0.4, -0.2) is 9.55 Å². The molecule has 3 aromatic carbocycles. The largest absolute Gasteiger partial charge is 0.307 e. The van der Waals surface area contributed by atoms with E-state index in [1.807, 2.05) is 12.4 Å². The van der Waals surface area contributed by atoms with E-state index in [2.05, 4.69) is 83.2 Å². The first kappa shape index (κ1) is 13.3. The van der Waals surface area contributed by atoms with Gasteiger partial charge in [-0.2, -0.15) is 0 Å². The Morgan fingerprint density at radius 1 is 0.833 bits per heavy atom. The van der Waals surface area contributed by atoms with Gasteiger partial charge < -0.3 is 4.57 Å². The van der Waals surface area contributed by atoms with Gasteiger partial charge in [-0.05, 0) is 47.5 Å². The summed E-state index contributed by atoms with van der Waals surface area (Å²) in [5, 5.41) is 5.14. The summed E-state index contributed by atoms with van der Waals surface area (Å²) in [6.07, 6.45) is 3.85. The lowest BCUT2D eigenvalue weighted by molar-refractivity contribution is 1.16.